The smallest absolute Gasteiger partial charge is 0.384 e. The van der Waals surface area contributed by atoms with E-state index in [9.17, 15) is 31.1 Å². The average molecular weight is 257 g/mol. The van der Waals surface area contributed by atoms with Gasteiger partial charge in [-0.2, -0.15) is 13.2 Å². The molecular formula is C6H3ClF6O2. The van der Waals surface area contributed by atoms with Gasteiger partial charge in [-0.25, -0.2) is 9.18 Å². The van der Waals surface area contributed by atoms with Crippen LogP contribution in [0.15, 0.2) is 12.2 Å². The van der Waals surface area contributed by atoms with Crippen molar-refractivity contribution in [3.05, 3.63) is 12.2 Å². The third-order valence-corrected chi connectivity index (χ3v) is 1.14. The Balaban J connectivity index is 4.54. The summed E-state index contributed by atoms with van der Waals surface area (Å²) in [4.78, 5) is 10.4. The van der Waals surface area contributed by atoms with Crippen molar-refractivity contribution in [2.75, 3.05) is 0 Å². The Labute approximate surface area is 84.4 Å². The molecule has 0 heterocycles. The Bertz CT molecular complexity index is 268. The molecule has 0 aromatic carbocycles. The monoisotopic (exact) mass is 256 g/mol. The van der Waals surface area contributed by atoms with Crippen LogP contribution in [0.2, 0.25) is 0 Å². The van der Waals surface area contributed by atoms with Gasteiger partial charge in [-0.1, -0.05) is 6.58 Å². The number of carbonyl (C=O) groups is 1. The SMILES string of the molecule is C=C(C(=O)OC(F)(F)Cl)C(F)C(F)(F)F. The van der Waals surface area contributed by atoms with Crippen LogP contribution in [0.25, 0.3) is 0 Å². The Morgan fingerprint density at radius 1 is 1.27 bits per heavy atom. The van der Waals surface area contributed by atoms with Crippen molar-refractivity contribution in [1.82, 2.24) is 0 Å². The van der Waals surface area contributed by atoms with Crippen molar-refractivity contribution in [3.63, 3.8) is 0 Å². The lowest BCUT2D eigenvalue weighted by atomic mass is 10.2. The van der Waals surface area contributed by atoms with Crippen LogP contribution in [-0.4, -0.2) is 23.9 Å². The maximum Gasteiger partial charge on any atom is 0.489 e. The van der Waals surface area contributed by atoms with E-state index in [1.54, 1.807) is 0 Å². The highest BCUT2D eigenvalue weighted by Gasteiger charge is 2.46. The molecular weight excluding hydrogens is 254 g/mol. The molecule has 1 atom stereocenters. The Morgan fingerprint density at radius 3 is 1.93 bits per heavy atom. The minimum Gasteiger partial charge on any atom is -0.384 e. The number of hydrogen-bond donors (Lipinski definition) is 0. The number of hydrogen-bond acceptors (Lipinski definition) is 2. The molecule has 2 nitrogen and oxygen atoms in total. The summed E-state index contributed by atoms with van der Waals surface area (Å²) in [5.74, 6) is -2.26. The fourth-order valence-corrected chi connectivity index (χ4v) is 0.542. The molecule has 0 aliphatic rings. The van der Waals surface area contributed by atoms with Gasteiger partial charge in [0, 0.05) is 11.6 Å². The molecule has 0 amide bonds. The van der Waals surface area contributed by atoms with Crippen LogP contribution in [0.3, 0.4) is 0 Å². The summed E-state index contributed by atoms with van der Waals surface area (Å²) >= 11 is 4.07. The molecule has 0 aliphatic heterocycles. The molecule has 0 saturated heterocycles. The molecule has 0 fully saturated rings. The first-order chi connectivity index (χ1) is 6.45. The van der Waals surface area contributed by atoms with Gasteiger partial charge >= 0.3 is 17.7 Å². The zero-order chi connectivity index (χ0) is 12.4. The van der Waals surface area contributed by atoms with Gasteiger partial charge in [0.2, 0.25) is 6.17 Å². The number of esters is 1. The average Bonchev–Trinajstić information content (AvgIpc) is 1.96. The van der Waals surface area contributed by atoms with Gasteiger partial charge in [0.05, 0.1) is 5.57 Å². The van der Waals surface area contributed by atoms with E-state index in [-0.39, 0.29) is 0 Å². The second-order valence-electron chi connectivity index (χ2n) is 2.26. The van der Waals surface area contributed by atoms with E-state index in [0.29, 0.717) is 0 Å². The van der Waals surface area contributed by atoms with Gasteiger partial charge in [0.25, 0.3) is 0 Å². The van der Waals surface area contributed by atoms with Gasteiger partial charge < -0.3 is 4.74 Å². The molecule has 0 radical (unpaired) electrons. The number of ether oxygens (including phenoxy) is 1. The Kier molecular flexibility index (Phi) is 4.03. The zero-order valence-corrected chi connectivity index (χ0v) is 7.50. The lowest BCUT2D eigenvalue weighted by molar-refractivity contribution is -0.196. The molecule has 0 bridgehead atoms. The number of halogens is 7. The summed E-state index contributed by atoms with van der Waals surface area (Å²) < 4.78 is 73.7. The second-order valence-corrected chi connectivity index (χ2v) is 2.70. The molecule has 0 aromatic rings. The predicted octanol–water partition coefficient (Wildman–Crippen LogP) is 2.78. The molecule has 0 rings (SSSR count). The first-order valence-electron chi connectivity index (χ1n) is 3.15. The van der Waals surface area contributed by atoms with Crippen LogP contribution in [0, 0.1) is 0 Å². The first-order valence-corrected chi connectivity index (χ1v) is 3.52. The summed E-state index contributed by atoms with van der Waals surface area (Å²) in [6, 6.07) is 0. The number of carbonyl (C=O) groups excluding carboxylic acids is 1. The van der Waals surface area contributed by atoms with Crippen molar-refractivity contribution in [1.29, 1.82) is 0 Å². The van der Waals surface area contributed by atoms with Crippen molar-refractivity contribution in [3.8, 4) is 0 Å². The zero-order valence-electron chi connectivity index (χ0n) is 6.75. The van der Waals surface area contributed by atoms with Crippen molar-refractivity contribution in [2.24, 2.45) is 0 Å². The highest BCUT2D eigenvalue weighted by atomic mass is 35.5. The fraction of sp³-hybridized carbons (Fsp3) is 0.500. The van der Waals surface area contributed by atoms with Gasteiger partial charge in [0.1, 0.15) is 0 Å². The molecule has 0 saturated carbocycles. The minimum absolute atomic E-state index is 1.80. The predicted molar refractivity (Wildman–Crippen MR) is 37.0 cm³/mol. The highest BCUT2D eigenvalue weighted by Crippen LogP contribution is 2.30. The van der Waals surface area contributed by atoms with Crippen molar-refractivity contribution in [2.45, 2.75) is 17.9 Å². The molecule has 1 unspecified atom stereocenters. The van der Waals surface area contributed by atoms with Crippen LogP contribution in [0.4, 0.5) is 26.3 Å². The fourth-order valence-electron chi connectivity index (χ4n) is 0.472. The molecule has 0 spiro atoms. The maximum atomic E-state index is 12.3. The van der Waals surface area contributed by atoms with Gasteiger partial charge in [-0.3, -0.25) is 0 Å². The quantitative estimate of drug-likeness (QED) is 0.336. The molecule has 15 heavy (non-hydrogen) atoms. The van der Waals surface area contributed by atoms with E-state index in [4.69, 9.17) is 0 Å². The van der Waals surface area contributed by atoms with Crippen LogP contribution in [0.1, 0.15) is 0 Å². The van der Waals surface area contributed by atoms with E-state index in [0.717, 1.165) is 0 Å². The summed E-state index contributed by atoms with van der Waals surface area (Å²) in [5.41, 5.74) is -6.31. The van der Waals surface area contributed by atoms with Crippen LogP contribution >= 0.6 is 11.6 Å². The topological polar surface area (TPSA) is 26.3 Å². The van der Waals surface area contributed by atoms with Crippen molar-refractivity contribution >= 4 is 17.6 Å². The summed E-state index contributed by atoms with van der Waals surface area (Å²) in [5, 5.41) is 0. The molecule has 0 aromatic heterocycles. The third-order valence-electron chi connectivity index (χ3n) is 1.06. The van der Waals surface area contributed by atoms with Crippen molar-refractivity contribution < 1.29 is 35.9 Å². The molecule has 0 N–H and O–H groups in total. The van der Waals surface area contributed by atoms with Gasteiger partial charge in [0.15, 0.2) is 0 Å². The summed E-state index contributed by atoms with van der Waals surface area (Å²) in [6.07, 6.45) is -9.19. The highest BCUT2D eigenvalue weighted by molar-refractivity contribution is 6.21. The van der Waals surface area contributed by atoms with Crippen LogP contribution in [-0.2, 0) is 9.53 Å². The largest absolute Gasteiger partial charge is 0.489 e. The molecule has 88 valence electrons. The van der Waals surface area contributed by atoms with E-state index < -0.39 is 29.5 Å². The van der Waals surface area contributed by atoms with E-state index >= 15 is 0 Å². The third kappa shape index (κ3) is 4.91. The van der Waals surface area contributed by atoms with Gasteiger partial charge in [-0.15, -0.1) is 8.78 Å². The maximum absolute atomic E-state index is 12.3. The van der Waals surface area contributed by atoms with Gasteiger partial charge in [-0.05, 0) is 0 Å². The van der Waals surface area contributed by atoms with E-state index in [2.05, 4.69) is 22.9 Å². The normalized spacial score (nSPS) is 14.6. The summed E-state index contributed by atoms with van der Waals surface area (Å²) in [7, 11) is 0. The van der Waals surface area contributed by atoms with E-state index in [1.165, 1.54) is 0 Å². The Morgan fingerprint density at radius 2 is 1.67 bits per heavy atom. The minimum atomic E-state index is -5.42. The molecule has 9 heteroatoms. The standard InChI is InChI=1S/C6H3ClF6O2/c1-2(3(8)5(9,10)11)4(14)15-6(7,12)13/h3H,1H2. The summed E-state index contributed by atoms with van der Waals surface area (Å²) in [6.45, 7) is 2.34. The Hall–Kier alpha value is -0.920. The first kappa shape index (κ1) is 14.1. The van der Waals surface area contributed by atoms with E-state index in [1.807, 2.05) is 0 Å². The van der Waals surface area contributed by atoms with Crippen LogP contribution in [0.5, 0.6) is 0 Å². The van der Waals surface area contributed by atoms with Crippen LogP contribution < -0.4 is 0 Å². The lowest BCUT2D eigenvalue weighted by Crippen LogP contribution is -2.32. The number of rotatable bonds is 3. The molecule has 0 aliphatic carbocycles. The lowest BCUT2D eigenvalue weighted by Gasteiger charge is -2.15. The second kappa shape index (κ2) is 4.30. The number of alkyl halides is 7.